The maximum absolute atomic E-state index is 13.8. The lowest BCUT2D eigenvalue weighted by Crippen LogP contribution is -2.36. The first-order chi connectivity index (χ1) is 11.1. The van der Waals surface area contributed by atoms with Crippen LogP contribution in [-0.2, 0) is 17.9 Å². The quantitative estimate of drug-likeness (QED) is 0.849. The van der Waals surface area contributed by atoms with Crippen LogP contribution in [0, 0.1) is 17.1 Å². The zero-order valence-corrected chi connectivity index (χ0v) is 13.7. The number of nitriles is 1. The molecular formula is C17H18FN3OS. The maximum Gasteiger partial charge on any atom is 0.234 e. The van der Waals surface area contributed by atoms with Crippen LogP contribution in [0.2, 0.25) is 0 Å². The summed E-state index contributed by atoms with van der Waals surface area (Å²) in [6.07, 6.45) is 0. The van der Waals surface area contributed by atoms with E-state index in [0.717, 1.165) is 4.88 Å². The molecule has 23 heavy (non-hydrogen) atoms. The highest BCUT2D eigenvalue weighted by Crippen LogP contribution is 2.13. The summed E-state index contributed by atoms with van der Waals surface area (Å²) in [6.45, 7) is 3.52. The Morgan fingerprint density at radius 2 is 2.26 bits per heavy atom. The lowest BCUT2D eigenvalue weighted by Gasteiger charge is -2.20. The fourth-order valence-electron chi connectivity index (χ4n) is 2.14. The van der Waals surface area contributed by atoms with E-state index in [0.29, 0.717) is 30.8 Å². The highest BCUT2D eigenvalue weighted by atomic mass is 32.1. The van der Waals surface area contributed by atoms with Crippen molar-refractivity contribution in [1.29, 1.82) is 5.26 Å². The van der Waals surface area contributed by atoms with E-state index in [9.17, 15) is 9.18 Å². The van der Waals surface area contributed by atoms with Crippen LogP contribution in [0.1, 0.15) is 22.9 Å². The van der Waals surface area contributed by atoms with Crippen molar-refractivity contribution in [3.8, 4) is 6.07 Å². The summed E-state index contributed by atoms with van der Waals surface area (Å²) in [5.41, 5.74) is 0.844. The Morgan fingerprint density at radius 3 is 2.91 bits per heavy atom. The largest absolute Gasteiger partial charge is 0.350 e. The minimum Gasteiger partial charge on any atom is -0.350 e. The van der Waals surface area contributed by atoms with Gasteiger partial charge in [0.25, 0.3) is 0 Å². The average Bonchev–Trinajstić information content (AvgIpc) is 3.07. The van der Waals surface area contributed by atoms with Gasteiger partial charge in [-0.05, 0) is 36.2 Å². The van der Waals surface area contributed by atoms with Gasteiger partial charge in [-0.15, -0.1) is 11.3 Å². The molecule has 0 atom stereocenters. The van der Waals surface area contributed by atoms with Crippen LogP contribution in [0.15, 0.2) is 35.7 Å². The van der Waals surface area contributed by atoms with E-state index in [2.05, 4.69) is 5.32 Å². The number of carbonyl (C=O) groups is 1. The fraction of sp³-hybridized carbons (Fsp3) is 0.294. The third-order valence-electron chi connectivity index (χ3n) is 3.42. The van der Waals surface area contributed by atoms with E-state index in [4.69, 9.17) is 5.26 Å². The van der Waals surface area contributed by atoms with Gasteiger partial charge in [0.1, 0.15) is 5.82 Å². The van der Waals surface area contributed by atoms with Gasteiger partial charge < -0.3 is 5.32 Å². The monoisotopic (exact) mass is 331 g/mol. The Labute approximate surface area is 139 Å². The van der Waals surface area contributed by atoms with Gasteiger partial charge in [0, 0.05) is 17.0 Å². The molecule has 0 bridgehead atoms. The van der Waals surface area contributed by atoms with E-state index in [-0.39, 0.29) is 18.3 Å². The molecule has 0 aliphatic heterocycles. The molecule has 0 spiro atoms. The summed E-state index contributed by atoms with van der Waals surface area (Å²) in [5.74, 6) is -0.460. The van der Waals surface area contributed by atoms with Crippen molar-refractivity contribution < 1.29 is 9.18 Å². The number of nitrogens with zero attached hydrogens (tertiary/aromatic N) is 2. The van der Waals surface area contributed by atoms with Gasteiger partial charge in [-0.2, -0.15) is 5.26 Å². The van der Waals surface area contributed by atoms with Crippen LogP contribution in [0.5, 0.6) is 0 Å². The predicted octanol–water partition coefficient (Wildman–Crippen LogP) is 2.90. The first-order valence-corrected chi connectivity index (χ1v) is 8.20. The van der Waals surface area contributed by atoms with Crippen molar-refractivity contribution >= 4 is 17.2 Å². The number of likely N-dealkylation sites (N-methyl/N-ethyl adjacent to an activating group) is 1. The molecule has 1 aromatic carbocycles. The first-order valence-electron chi connectivity index (χ1n) is 7.32. The SMILES string of the molecule is CCN(CC(=O)NCc1cccs1)Cc1cc(C#N)ccc1F. The molecule has 1 amide bonds. The first kappa shape index (κ1) is 17.1. The molecular weight excluding hydrogens is 313 g/mol. The zero-order chi connectivity index (χ0) is 16.7. The molecule has 120 valence electrons. The third kappa shape index (κ3) is 5.16. The number of carbonyl (C=O) groups excluding carboxylic acids is 1. The summed E-state index contributed by atoms with van der Waals surface area (Å²) in [7, 11) is 0. The van der Waals surface area contributed by atoms with Crippen LogP contribution in [-0.4, -0.2) is 23.9 Å². The number of nitrogens with one attached hydrogen (secondary N) is 1. The molecule has 0 radical (unpaired) electrons. The minimum absolute atomic E-state index is 0.0999. The van der Waals surface area contributed by atoms with Crippen molar-refractivity contribution in [1.82, 2.24) is 10.2 Å². The summed E-state index contributed by atoms with van der Waals surface area (Å²) < 4.78 is 13.8. The molecule has 1 heterocycles. The number of hydrogen-bond donors (Lipinski definition) is 1. The number of amides is 1. The molecule has 0 fully saturated rings. The van der Waals surface area contributed by atoms with Crippen LogP contribution >= 0.6 is 11.3 Å². The smallest absolute Gasteiger partial charge is 0.234 e. The highest BCUT2D eigenvalue weighted by Gasteiger charge is 2.12. The van der Waals surface area contributed by atoms with E-state index in [1.165, 1.54) is 18.2 Å². The Morgan fingerprint density at radius 1 is 1.43 bits per heavy atom. The fourth-order valence-corrected chi connectivity index (χ4v) is 2.79. The summed E-state index contributed by atoms with van der Waals surface area (Å²) in [6, 6.07) is 10.2. The Bertz CT molecular complexity index is 694. The Hall–Kier alpha value is -2.23. The standard InChI is InChI=1S/C17H18FN3OS/c1-2-21(11-14-8-13(9-19)5-6-16(14)18)12-17(22)20-10-15-4-3-7-23-15/h3-8H,2,10-12H2,1H3,(H,20,22). The molecule has 0 saturated heterocycles. The Balaban J connectivity index is 1.92. The lowest BCUT2D eigenvalue weighted by atomic mass is 10.1. The van der Waals surface area contributed by atoms with Gasteiger partial charge >= 0.3 is 0 Å². The van der Waals surface area contributed by atoms with Crippen molar-refractivity contribution in [2.75, 3.05) is 13.1 Å². The Kier molecular flexibility index (Phi) is 6.27. The van der Waals surface area contributed by atoms with Crippen LogP contribution < -0.4 is 5.32 Å². The second kappa shape index (κ2) is 8.42. The van der Waals surface area contributed by atoms with Gasteiger partial charge in [0.05, 0.1) is 24.7 Å². The molecule has 1 aromatic heterocycles. The molecule has 6 heteroatoms. The highest BCUT2D eigenvalue weighted by molar-refractivity contribution is 7.09. The molecule has 1 N–H and O–H groups in total. The molecule has 4 nitrogen and oxygen atoms in total. The molecule has 2 aromatic rings. The van der Waals surface area contributed by atoms with Crippen LogP contribution in [0.4, 0.5) is 4.39 Å². The molecule has 0 unspecified atom stereocenters. The number of thiophene rings is 1. The van der Waals surface area contributed by atoms with Crippen LogP contribution in [0.25, 0.3) is 0 Å². The van der Waals surface area contributed by atoms with Crippen molar-refractivity contribution in [3.63, 3.8) is 0 Å². The van der Waals surface area contributed by atoms with Crippen molar-refractivity contribution in [2.24, 2.45) is 0 Å². The van der Waals surface area contributed by atoms with Gasteiger partial charge in [-0.1, -0.05) is 13.0 Å². The number of rotatable bonds is 7. The van der Waals surface area contributed by atoms with Gasteiger partial charge in [-0.25, -0.2) is 4.39 Å². The molecule has 0 aliphatic rings. The number of benzene rings is 1. The molecule has 0 aliphatic carbocycles. The van der Waals surface area contributed by atoms with Gasteiger partial charge in [0.2, 0.25) is 5.91 Å². The summed E-state index contributed by atoms with van der Waals surface area (Å²) in [5, 5.41) is 13.7. The number of halogens is 1. The average molecular weight is 331 g/mol. The second-order valence-corrected chi connectivity index (χ2v) is 6.11. The number of hydrogen-bond acceptors (Lipinski definition) is 4. The lowest BCUT2D eigenvalue weighted by molar-refractivity contribution is -0.122. The third-order valence-corrected chi connectivity index (χ3v) is 4.30. The molecule has 0 saturated carbocycles. The second-order valence-electron chi connectivity index (χ2n) is 5.08. The summed E-state index contributed by atoms with van der Waals surface area (Å²) >= 11 is 1.59. The minimum atomic E-state index is -0.360. The van der Waals surface area contributed by atoms with E-state index in [1.54, 1.807) is 11.3 Å². The van der Waals surface area contributed by atoms with Crippen molar-refractivity contribution in [2.45, 2.75) is 20.0 Å². The normalized spacial score (nSPS) is 10.5. The van der Waals surface area contributed by atoms with Gasteiger partial charge in [0.15, 0.2) is 0 Å². The molecule has 2 rings (SSSR count). The maximum atomic E-state index is 13.8. The van der Waals surface area contributed by atoms with E-state index in [1.807, 2.05) is 35.4 Å². The van der Waals surface area contributed by atoms with E-state index < -0.39 is 0 Å². The van der Waals surface area contributed by atoms with Gasteiger partial charge in [-0.3, -0.25) is 9.69 Å². The van der Waals surface area contributed by atoms with E-state index >= 15 is 0 Å². The van der Waals surface area contributed by atoms with Crippen molar-refractivity contribution in [3.05, 3.63) is 57.5 Å². The zero-order valence-electron chi connectivity index (χ0n) is 12.9. The van der Waals surface area contributed by atoms with Crippen LogP contribution in [0.3, 0.4) is 0 Å². The topological polar surface area (TPSA) is 56.1 Å². The summed E-state index contributed by atoms with van der Waals surface area (Å²) in [4.78, 5) is 14.9. The predicted molar refractivity (Wildman–Crippen MR) is 88.2 cm³/mol.